The Balaban J connectivity index is 2.15. The largest absolute Gasteiger partial charge is 0.383 e. The van der Waals surface area contributed by atoms with Crippen molar-refractivity contribution in [3.63, 3.8) is 0 Å². The first-order valence-corrected chi connectivity index (χ1v) is 8.82. The summed E-state index contributed by atoms with van der Waals surface area (Å²) in [4.78, 5) is 8.35. The molecule has 1 aliphatic carbocycles. The van der Waals surface area contributed by atoms with E-state index in [2.05, 4.69) is 28.1 Å². The fourth-order valence-electron chi connectivity index (χ4n) is 2.77. The van der Waals surface area contributed by atoms with Gasteiger partial charge in [0.1, 0.15) is 5.82 Å². The zero-order chi connectivity index (χ0) is 15.7. The number of nitrogens with two attached hydrogens (primary N) is 1. The van der Waals surface area contributed by atoms with Crippen LogP contribution in [0, 0.1) is 5.92 Å². The Morgan fingerprint density at radius 2 is 2.09 bits per heavy atom. The third-order valence-corrected chi connectivity index (χ3v) is 4.67. The molecule has 22 heavy (non-hydrogen) atoms. The number of nitrogen functional groups attached to an aromatic ring is 1. The Morgan fingerprint density at radius 3 is 2.73 bits per heavy atom. The van der Waals surface area contributed by atoms with Gasteiger partial charge in [0.05, 0.1) is 16.4 Å². The Labute approximate surface area is 131 Å². The molecule has 0 bridgehead atoms. The minimum absolute atomic E-state index is 0.391. The molecule has 0 spiro atoms. The van der Waals surface area contributed by atoms with E-state index in [1.807, 2.05) is 0 Å². The lowest BCUT2D eigenvalue weighted by Crippen LogP contribution is -2.08. The molecule has 2 heterocycles. The van der Waals surface area contributed by atoms with Crippen LogP contribution in [0.3, 0.4) is 0 Å². The van der Waals surface area contributed by atoms with E-state index in [1.54, 1.807) is 24.7 Å². The molecular weight excluding hydrogens is 298 g/mol. The summed E-state index contributed by atoms with van der Waals surface area (Å²) < 4.78 is 13.6. The zero-order valence-electron chi connectivity index (χ0n) is 12.7. The molecule has 2 aromatic rings. The van der Waals surface area contributed by atoms with Gasteiger partial charge in [0.2, 0.25) is 0 Å². The molecule has 1 aliphatic rings. The molecule has 0 aromatic carbocycles. The van der Waals surface area contributed by atoms with Gasteiger partial charge in [0.15, 0.2) is 5.03 Å². The van der Waals surface area contributed by atoms with E-state index in [1.165, 1.54) is 11.1 Å². The SMILES string of the molecule is CC1CCC=C(c2c(S(C)=O)nn(-c3ncccn3)c2N)C1. The van der Waals surface area contributed by atoms with Crippen LogP contribution in [0.2, 0.25) is 0 Å². The number of hydrogen-bond donors (Lipinski definition) is 1. The van der Waals surface area contributed by atoms with Crippen molar-refractivity contribution in [3.8, 4) is 5.95 Å². The summed E-state index contributed by atoms with van der Waals surface area (Å²) in [5.41, 5.74) is 8.22. The summed E-state index contributed by atoms with van der Waals surface area (Å²) in [6, 6.07) is 1.73. The Kier molecular flexibility index (Phi) is 4.06. The van der Waals surface area contributed by atoms with Crippen molar-refractivity contribution < 1.29 is 4.21 Å². The highest BCUT2D eigenvalue weighted by atomic mass is 32.2. The number of rotatable bonds is 3. The van der Waals surface area contributed by atoms with Crippen molar-refractivity contribution in [2.45, 2.75) is 31.2 Å². The molecule has 0 amide bonds. The molecule has 0 radical (unpaired) electrons. The second-order valence-electron chi connectivity index (χ2n) is 5.60. The predicted molar refractivity (Wildman–Crippen MR) is 86.9 cm³/mol. The third-order valence-electron chi connectivity index (χ3n) is 3.84. The standard InChI is InChI=1S/C15H19N5OS/c1-10-5-3-6-11(9-10)12-13(16)20(19-14(12)22(2)21)15-17-7-4-8-18-15/h4,6-8,10H,3,5,9,16H2,1-2H3. The Hall–Kier alpha value is -2.02. The molecule has 0 aliphatic heterocycles. The highest BCUT2D eigenvalue weighted by Gasteiger charge is 2.25. The van der Waals surface area contributed by atoms with Crippen LogP contribution in [0.25, 0.3) is 11.5 Å². The second-order valence-corrected chi connectivity index (χ2v) is 6.89. The first-order chi connectivity index (χ1) is 10.6. The van der Waals surface area contributed by atoms with Crippen LogP contribution in [-0.2, 0) is 10.8 Å². The molecule has 0 saturated carbocycles. The lowest BCUT2D eigenvalue weighted by Gasteiger charge is -2.19. The molecular formula is C15H19N5OS. The highest BCUT2D eigenvalue weighted by molar-refractivity contribution is 7.84. The van der Waals surface area contributed by atoms with Crippen LogP contribution in [0.4, 0.5) is 5.82 Å². The summed E-state index contributed by atoms with van der Waals surface area (Å²) >= 11 is 0. The lowest BCUT2D eigenvalue weighted by molar-refractivity contribution is 0.536. The fraction of sp³-hybridized carbons (Fsp3) is 0.400. The van der Waals surface area contributed by atoms with Gasteiger partial charge in [-0.05, 0) is 36.8 Å². The molecule has 6 nitrogen and oxygen atoms in total. The van der Waals surface area contributed by atoms with Gasteiger partial charge in [0.25, 0.3) is 5.95 Å². The molecule has 2 N–H and O–H groups in total. The predicted octanol–water partition coefficient (Wildman–Crippen LogP) is 2.19. The first kappa shape index (κ1) is 14.9. The van der Waals surface area contributed by atoms with Gasteiger partial charge >= 0.3 is 0 Å². The van der Waals surface area contributed by atoms with E-state index in [9.17, 15) is 4.21 Å². The van der Waals surface area contributed by atoms with Gasteiger partial charge < -0.3 is 5.73 Å². The molecule has 2 aromatic heterocycles. The van der Waals surface area contributed by atoms with Gasteiger partial charge in [-0.25, -0.2) is 9.97 Å². The van der Waals surface area contributed by atoms with Gasteiger partial charge in [-0.2, -0.15) is 9.78 Å². The topological polar surface area (TPSA) is 86.7 Å². The Bertz CT molecular complexity index is 738. The highest BCUT2D eigenvalue weighted by Crippen LogP contribution is 2.36. The maximum absolute atomic E-state index is 12.1. The van der Waals surface area contributed by atoms with Crippen LogP contribution in [0.1, 0.15) is 31.7 Å². The normalized spacial score (nSPS) is 19.7. The van der Waals surface area contributed by atoms with Gasteiger partial charge in [-0.3, -0.25) is 4.21 Å². The number of allylic oxidation sites excluding steroid dienone is 2. The van der Waals surface area contributed by atoms with Crippen LogP contribution < -0.4 is 5.73 Å². The number of nitrogens with zero attached hydrogens (tertiary/aromatic N) is 4. The van der Waals surface area contributed by atoms with E-state index in [4.69, 9.17) is 5.73 Å². The Morgan fingerprint density at radius 1 is 1.36 bits per heavy atom. The van der Waals surface area contributed by atoms with Gasteiger partial charge in [0, 0.05) is 18.6 Å². The van der Waals surface area contributed by atoms with Crippen molar-refractivity contribution >= 4 is 22.2 Å². The smallest absolute Gasteiger partial charge is 0.252 e. The molecule has 0 fully saturated rings. The summed E-state index contributed by atoms with van der Waals surface area (Å²) in [6.07, 6.45) is 10.2. The summed E-state index contributed by atoms with van der Waals surface area (Å²) in [5.74, 6) is 1.44. The van der Waals surface area contributed by atoms with Crippen LogP contribution in [-0.4, -0.2) is 30.2 Å². The van der Waals surface area contributed by atoms with Gasteiger partial charge in [-0.15, -0.1) is 0 Å². The van der Waals surface area contributed by atoms with E-state index < -0.39 is 10.8 Å². The van der Waals surface area contributed by atoms with E-state index in [-0.39, 0.29) is 0 Å². The first-order valence-electron chi connectivity index (χ1n) is 7.26. The van der Waals surface area contributed by atoms with E-state index >= 15 is 0 Å². The van der Waals surface area contributed by atoms with Crippen LogP contribution >= 0.6 is 0 Å². The summed E-state index contributed by atoms with van der Waals surface area (Å²) in [5, 5.41) is 4.91. The van der Waals surface area contributed by atoms with Crippen LogP contribution in [0.5, 0.6) is 0 Å². The quantitative estimate of drug-likeness (QED) is 0.937. The maximum Gasteiger partial charge on any atom is 0.252 e. The van der Waals surface area contributed by atoms with Crippen LogP contribution in [0.15, 0.2) is 29.6 Å². The fourth-order valence-corrected chi connectivity index (χ4v) is 3.49. The van der Waals surface area contributed by atoms with Crippen molar-refractivity contribution in [3.05, 3.63) is 30.1 Å². The minimum atomic E-state index is -1.22. The lowest BCUT2D eigenvalue weighted by atomic mass is 9.87. The third kappa shape index (κ3) is 2.68. The molecule has 116 valence electrons. The monoisotopic (exact) mass is 317 g/mol. The van der Waals surface area contributed by atoms with Crippen molar-refractivity contribution in [2.24, 2.45) is 5.92 Å². The number of hydrogen-bond acceptors (Lipinski definition) is 5. The zero-order valence-corrected chi connectivity index (χ0v) is 13.5. The molecule has 2 unspecified atom stereocenters. The molecule has 2 atom stereocenters. The summed E-state index contributed by atoms with van der Waals surface area (Å²) in [7, 11) is -1.22. The average Bonchev–Trinajstić information content (AvgIpc) is 2.86. The second kappa shape index (κ2) is 6.00. The van der Waals surface area contributed by atoms with E-state index in [0.29, 0.717) is 22.7 Å². The van der Waals surface area contributed by atoms with Crippen molar-refractivity contribution in [1.82, 2.24) is 19.7 Å². The van der Waals surface area contributed by atoms with Gasteiger partial charge in [-0.1, -0.05) is 13.0 Å². The molecule has 0 saturated heterocycles. The molecule has 7 heteroatoms. The average molecular weight is 317 g/mol. The molecule has 3 rings (SSSR count). The maximum atomic E-state index is 12.1. The van der Waals surface area contributed by atoms with E-state index in [0.717, 1.165) is 24.0 Å². The summed E-state index contributed by atoms with van der Waals surface area (Å²) in [6.45, 7) is 2.22. The van der Waals surface area contributed by atoms with Crippen molar-refractivity contribution in [1.29, 1.82) is 0 Å². The number of anilines is 1. The minimum Gasteiger partial charge on any atom is -0.383 e. The van der Waals surface area contributed by atoms with Crippen molar-refractivity contribution in [2.75, 3.05) is 12.0 Å². The number of aromatic nitrogens is 4.